The summed E-state index contributed by atoms with van der Waals surface area (Å²) in [5, 5.41) is 0. The second kappa shape index (κ2) is 20.1. The van der Waals surface area contributed by atoms with E-state index in [1.54, 1.807) is 0 Å². The van der Waals surface area contributed by atoms with Crippen LogP contribution in [0.25, 0.3) is 9.69 Å². The Morgan fingerprint density at radius 1 is 0.500 bits per heavy atom. The van der Waals surface area contributed by atoms with E-state index in [-0.39, 0.29) is 22.4 Å². The Morgan fingerprint density at radius 3 is 0.500 bits per heavy atom. The van der Waals surface area contributed by atoms with E-state index in [0.29, 0.717) is 0 Å². The first-order valence-electron chi connectivity index (χ1n) is 3.96. The van der Waals surface area contributed by atoms with Crippen LogP contribution in [0.1, 0.15) is 0 Å². The van der Waals surface area contributed by atoms with Crippen molar-refractivity contribution in [2.75, 3.05) is 14.1 Å². The fourth-order valence-corrected chi connectivity index (χ4v) is 0. The van der Waals surface area contributed by atoms with Crippen LogP contribution < -0.4 is 0 Å². The van der Waals surface area contributed by atoms with Crippen LogP contribution in [0.2, 0.25) is 0 Å². The monoisotopic (exact) mass is 540 g/mol. The van der Waals surface area contributed by atoms with Crippen LogP contribution in [0.15, 0.2) is 0 Å². The maximum Gasteiger partial charge on any atom is 3.00 e. The van der Waals surface area contributed by atoms with Crippen molar-refractivity contribution in [3.05, 3.63) is 22.8 Å². The summed E-state index contributed by atoms with van der Waals surface area (Å²) in [4.78, 5) is 5.50. The molecule has 0 aliphatic heterocycles. The van der Waals surface area contributed by atoms with Gasteiger partial charge in [-0.2, -0.15) is 0 Å². The molecule has 0 aromatic carbocycles. The Kier molecular flexibility index (Phi) is 34.1. The van der Waals surface area contributed by atoms with E-state index in [4.69, 9.17) is 13.1 Å². The van der Waals surface area contributed by atoms with Gasteiger partial charge in [0.05, 0.1) is 0 Å². The van der Waals surface area contributed by atoms with Crippen molar-refractivity contribution in [1.82, 2.24) is 0 Å². The van der Waals surface area contributed by atoms with E-state index in [2.05, 4.69) is 9.69 Å². The summed E-state index contributed by atoms with van der Waals surface area (Å²) in [5.74, 6) is 0. The predicted molar refractivity (Wildman–Crippen MR) is 55.6 cm³/mol. The van der Waals surface area contributed by atoms with Gasteiger partial charge in [-0.1, -0.05) is 0 Å². The topological polar surface area (TPSA) is 8.72 Å². The quantitative estimate of drug-likeness (QED) is 0.234. The SMILES string of the molecule is F[B-](F)(F)F.F[B-](F)(F)F.F[B-](F)(F)F.[Au+3].[C-]#[N+]C.[C-]#[N+]C. The number of halogens is 12. The third-order valence-corrected chi connectivity index (χ3v) is 0. The Balaban J connectivity index is -0.0000000367. The van der Waals surface area contributed by atoms with Gasteiger partial charge in [0.2, 0.25) is 14.1 Å². The minimum absolute atomic E-state index is 0. The smallest absolute Gasteiger partial charge is 0.418 e. The van der Waals surface area contributed by atoms with Crippen molar-refractivity contribution in [2.24, 2.45) is 0 Å². The van der Waals surface area contributed by atoms with Gasteiger partial charge in [0.1, 0.15) is 0 Å². The van der Waals surface area contributed by atoms with Crippen LogP contribution in [-0.4, -0.2) is 35.9 Å². The zero-order chi connectivity index (χ0) is 18.9. The Hall–Kier alpha value is -0.925. The van der Waals surface area contributed by atoms with Gasteiger partial charge in [0.15, 0.2) is 0 Å². The zero-order valence-corrected chi connectivity index (χ0v) is 12.6. The average Bonchev–Trinajstić information content (AvgIpc) is 1.93. The largest absolute Gasteiger partial charge is 3.00 e. The maximum atomic E-state index is 9.75. The molecule has 0 saturated heterocycles. The molecule has 0 aliphatic rings. The molecule has 2 nitrogen and oxygen atoms in total. The molecule has 0 rings (SSSR count). The number of nitrogens with zero attached hydrogens (tertiary/aromatic N) is 2. The summed E-state index contributed by atoms with van der Waals surface area (Å²) < 4.78 is 117. The first kappa shape index (κ1) is 37.4. The van der Waals surface area contributed by atoms with E-state index >= 15 is 0 Å². The van der Waals surface area contributed by atoms with E-state index in [1.165, 1.54) is 14.1 Å². The summed E-state index contributed by atoms with van der Waals surface area (Å²) in [7, 11) is -15.2. The summed E-state index contributed by atoms with van der Waals surface area (Å²) in [6.07, 6.45) is 0. The third-order valence-electron chi connectivity index (χ3n) is 0. The standard InChI is InChI=1S/2C2H3N.Au.3BF4/c2*1-3-2;;3*2-1(3,4)5/h2*1H3;;;;/q;;+3;3*-1. The second-order valence-corrected chi connectivity index (χ2v) is 1.93. The molecule has 0 aliphatic carbocycles. The van der Waals surface area contributed by atoms with Crippen LogP contribution in [0.5, 0.6) is 0 Å². The normalized spacial score (nSPS) is 8.91. The van der Waals surface area contributed by atoms with Crippen molar-refractivity contribution in [3.8, 4) is 0 Å². The summed E-state index contributed by atoms with van der Waals surface area (Å²) in [6.45, 7) is 11.7. The third kappa shape index (κ3) is 7280. The van der Waals surface area contributed by atoms with Gasteiger partial charge in [-0.3, -0.25) is 0 Å². The molecule has 0 N–H and O–H groups in total. The fraction of sp³-hybridized carbons (Fsp3) is 0.500. The van der Waals surface area contributed by atoms with Crippen LogP contribution >= 0.6 is 0 Å². The molecular weight excluding hydrogens is 533 g/mol. The van der Waals surface area contributed by atoms with Crippen LogP contribution in [-0.2, 0) is 22.4 Å². The fourth-order valence-electron chi connectivity index (χ4n) is 0. The van der Waals surface area contributed by atoms with Crippen molar-refractivity contribution < 1.29 is 74.2 Å². The number of hydrogen-bond donors (Lipinski definition) is 0. The molecule has 0 unspecified atom stereocenters. The number of hydrogen-bond acceptors (Lipinski definition) is 0. The van der Waals surface area contributed by atoms with Gasteiger partial charge in [-0.05, 0) is 0 Å². The first-order valence-corrected chi connectivity index (χ1v) is 3.96. The van der Waals surface area contributed by atoms with E-state index in [0.717, 1.165) is 0 Å². The van der Waals surface area contributed by atoms with Crippen LogP contribution in [0, 0.1) is 13.1 Å². The van der Waals surface area contributed by atoms with Crippen LogP contribution in [0.3, 0.4) is 0 Å². The van der Waals surface area contributed by atoms with Crippen molar-refractivity contribution in [3.63, 3.8) is 0 Å². The van der Waals surface area contributed by atoms with Crippen molar-refractivity contribution in [1.29, 1.82) is 0 Å². The zero-order valence-electron chi connectivity index (χ0n) is 10.5. The molecule has 0 atom stereocenters. The number of rotatable bonds is 0. The maximum absolute atomic E-state index is 9.75. The summed E-state index contributed by atoms with van der Waals surface area (Å²) in [6, 6.07) is 0. The molecule has 18 heteroatoms. The molecular formula is C4H6AuB3F12N2. The molecule has 0 aromatic heterocycles. The van der Waals surface area contributed by atoms with Crippen LogP contribution in [0.4, 0.5) is 51.8 Å². The molecule has 0 heterocycles. The van der Waals surface area contributed by atoms with Gasteiger partial charge >= 0.3 is 44.1 Å². The van der Waals surface area contributed by atoms with Crippen molar-refractivity contribution >= 4 is 21.8 Å². The molecule has 22 heavy (non-hydrogen) atoms. The molecule has 0 aromatic rings. The first-order chi connectivity index (χ1) is 8.83. The Morgan fingerprint density at radius 2 is 0.500 bits per heavy atom. The van der Waals surface area contributed by atoms with Gasteiger partial charge in [0.25, 0.3) is 0 Å². The van der Waals surface area contributed by atoms with Gasteiger partial charge < -0.3 is 61.5 Å². The van der Waals surface area contributed by atoms with Crippen molar-refractivity contribution in [2.45, 2.75) is 0 Å². The summed E-state index contributed by atoms with van der Waals surface area (Å²) in [5.41, 5.74) is 0. The molecule has 0 radical (unpaired) electrons. The Bertz CT molecular complexity index is 229. The minimum Gasteiger partial charge on any atom is -0.418 e. The molecule has 0 amide bonds. The molecule has 0 saturated carbocycles. The van der Waals surface area contributed by atoms with E-state index < -0.39 is 21.8 Å². The summed E-state index contributed by atoms with van der Waals surface area (Å²) >= 11 is 0. The predicted octanol–water partition coefficient (Wildman–Crippen LogP) is 4.97. The molecule has 136 valence electrons. The molecule has 0 bridgehead atoms. The molecule has 0 fully saturated rings. The average molecular weight is 539 g/mol. The Labute approximate surface area is 133 Å². The van der Waals surface area contributed by atoms with Gasteiger partial charge in [-0.15, -0.1) is 0 Å². The second-order valence-electron chi connectivity index (χ2n) is 1.93. The van der Waals surface area contributed by atoms with E-state index in [9.17, 15) is 51.8 Å². The van der Waals surface area contributed by atoms with Gasteiger partial charge in [-0.25, -0.2) is 13.1 Å². The molecule has 0 spiro atoms. The van der Waals surface area contributed by atoms with E-state index in [1.807, 2.05) is 0 Å². The van der Waals surface area contributed by atoms with Gasteiger partial charge in [0, 0.05) is 0 Å². The minimum atomic E-state index is -6.00.